The molecule has 0 aliphatic carbocycles. The van der Waals surface area contributed by atoms with Gasteiger partial charge in [-0.1, -0.05) is 6.07 Å². The molecule has 0 amide bonds. The second kappa shape index (κ2) is 5.43. The zero-order valence-electron chi connectivity index (χ0n) is 10.2. The molecule has 0 atom stereocenters. The van der Waals surface area contributed by atoms with Crippen LogP contribution >= 0.6 is 0 Å². The van der Waals surface area contributed by atoms with Crippen LogP contribution < -0.4 is 9.47 Å². The Bertz CT molecular complexity index is 463. The fraction of sp³-hybridized carbons (Fsp3) is 0.286. The number of ether oxygens (including phenoxy) is 2. The Balaban J connectivity index is 1.94. The van der Waals surface area contributed by atoms with E-state index in [1.807, 2.05) is 49.6 Å². The third kappa shape index (κ3) is 3.03. The standard InChI is InChI=1S/C14H17NO2/c1-12-5-6-13(14(11-12)16-2)17-10-9-15-7-3-4-8-15/h3-8,11H,9-10H2,1-2H3. The predicted octanol–water partition coefficient (Wildman–Crippen LogP) is 2.88. The van der Waals surface area contributed by atoms with Crippen LogP contribution in [0.4, 0.5) is 0 Å². The molecule has 0 saturated heterocycles. The van der Waals surface area contributed by atoms with Crippen LogP contribution in [0, 0.1) is 6.92 Å². The second-order valence-corrected chi connectivity index (χ2v) is 3.92. The average Bonchev–Trinajstić information content (AvgIpc) is 2.84. The van der Waals surface area contributed by atoms with Crippen LogP contribution in [0.25, 0.3) is 0 Å². The zero-order chi connectivity index (χ0) is 12.1. The maximum absolute atomic E-state index is 5.71. The van der Waals surface area contributed by atoms with E-state index in [0.717, 1.165) is 18.0 Å². The first-order valence-electron chi connectivity index (χ1n) is 5.68. The van der Waals surface area contributed by atoms with Gasteiger partial charge in [-0.15, -0.1) is 0 Å². The highest BCUT2D eigenvalue weighted by Gasteiger charge is 2.03. The lowest BCUT2D eigenvalue weighted by atomic mass is 10.2. The lowest BCUT2D eigenvalue weighted by Crippen LogP contribution is -2.07. The van der Waals surface area contributed by atoms with Crippen molar-refractivity contribution in [3.05, 3.63) is 48.3 Å². The van der Waals surface area contributed by atoms with Gasteiger partial charge in [0.05, 0.1) is 13.7 Å². The minimum Gasteiger partial charge on any atom is -0.493 e. The van der Waals surface area contributed by atoms with Crippen molar-refractivity contribution in [2.45, 2.75) is 13.5 Å². The molecular formula is C14H17NO2. The first-order valence-corrected chi connectivity index (χ1v) is 5.68. The summed E-state index contributed by atoms with van der Waals surface area (Å²) >= 11 is 0. The first kappa shape index (κ1) is 11.6. The van der Waals surface area contributed by atoms with Gasteiger partial charge in [0.15, 0.2) is 11.5 Å². The van der Waals surface area contributed by atoms with E-state index in [0.29, 0.717) is 6.61 Å². The average molecular weight is 231 g/mol. The van der Waals surface area contributed by atoms with Crippen LogP contribution in [-0.2, 0) is 6.54 Å². The Morgan fingerprint density at radius 2 is 1.88 bits per heavy atom. The van der Waals surface area contributed by atoms with Crippen LogP contribution in [0.15, 0.2) is 42.7 Å². The van der Waals surface area contributed by atoms with Gasteiger partial charge in [0.2, 0.25) is 0 Å². The molecule has 0 spiro atoms. The highest BCUT2D eigenvalue weighted by molar-refractivity contribution is 5.42. The Morgan fingerprint density at radius 1 is 1.12 bits per heavy atom. The molecule has 0 fully saturated rings. The third-order valence-electron chi connectivity index (χ3n) is 2.59. The van der Waals surface area contributed by atoms with Gasteiger partial charge in [-0.3, -0.25) is 0 Å². The molecule has 0 aliphatic heterocycles. The van der Waals surface area contributed by atoms with Crippen LogP contribution in [0.5, 0.6) is 11.5 Å². The van der Waals surface area contributed by atoms with Gasteiger partial charge < -0.3 is 14.0 Å². The molecule has 3 nitrogen and oxygen atoms in total. The van der Waals surface area contributed by atoms with Gasteiger partial charge in [0.25, 0.3) is 0 Å². The molecule has 0 unspecified atom stereocenters. The molecule has 0 bridgehead atoms. The quantitative estimate of drug-likeness (QED) is 0.790. The maximum atomic E-state index is 5.71. The van der Waals surface area contributed by atoms with Gasteiger partial charge >= 0.3 is 0 Å². The van der Waals surface area contributed by atoms with Gasteiger partial charge in [-0.25, -0.2) is 0 Å². The van der Waals surface area contributed by atoms with Crippen LogP contribution in [0.2, 0.25) is 0 Å². The molecule has 1 aromatic carbocycles. The fourth-order valence-corrected chi connectivity index (χ4v) is 1.67. The summed E-state index contributed by atoms with van der Waals surface area (Å²) in [6.45, 7) is 3.50. The molecule has 90 valence electrons. The SMILES string of the molecule is COc1cc(C)ccc1OCCn1cccc1. The summed E-state index contributed by atoms with van der Waals surface area (Å²) in [7, 11) is 1.66. The molecule has 0 saturated carbocycles. The molecule has 1 heterocycles. The summed E-state index contributed by atoms with van der Waals surface area (Å²) in [5.41, 5.74) is 1.17. The zero-order valence-corrected chi connectivity index (χ0v) is 10.2. The van der Waals surface area contributed by atoms with Crippen molar-refractivity contribution in [2.24, 2.45) is 0 Å². The minimum absolute atomic E-state index is 0.633. The van der Waals surface area contributed by atoms with Crippen LogP contribution in [0.1, 0.15) is 5.56 Å². The molecule has 17 heavy (non-hydrogen) atoms. The molecule has 2 rings (SSSR count). The molecule has 2 aromatic rings. The van der Waals surface area contributed by atoms with Crippen molar-refractivity contribution in [1.29, 1.82) is 0 Å². The predicted molar refractivity (Wildman–Crippen MR) is 67.7 cm³/mol. The number of nitrogens with zero attached hydrogens (tertiary/aromatic N) is 1. The largest absolute Gasteiger partial charge is 0.493 e. The Hall–Kier alpha value is -1.90. The molecule has 3 heteroatoms. The van der Waals surface area contributed by atoms with E-state index in [1.54, 1.807) is 7.11 Å². The van der Waals surface area contributed by atoms with Gasteiger partial charge in [0, 0.05) is 12.4 Å². The number of aromatic nitrogens is 1. The number of hydrogen-bond acceptors (Lipinski definition) is 2. The maximum Gasteiger partial charge on any atom is 0.161 e. The summed E-state index contributed by atoms with van der Waals surface area (Å²) in [5, 5.41) is 0. The van der Waals surface area contributed by atoms with E-state index >= 15 is 0 Å². The molecular weight excluding hydrogens is 214 g/mol. The van der Waals surface area contributed by atoms with Crippen LogP contribution in [-0.4, -0.2) is 18.3 Å². The van der Waals surface area contributed by atoms with E-state index in [-0.39, 0.29) is 0 Å². The molecule has 0 radical (unpaired) electrons. The van der Waals surface area contributed by atoms with E-state index in [2.05, 4.69) is 4.57 Å². The highest BCUT2D eigenvalue weighted by Crippen LogP contribution is 2.27. The number of aryl methyl sites for hydroxylation is 1. The third-order valence-corrected chi connectivity index (χ3v) is 2.59. The van der Waals surface area contributed by atoms with Gasteiger partial charge in [0.1, 0.15) is 6.61 Å². The highest BCUT2D eigenvalue weighted by atomic mass is 16.5. The lowest BCUT2D eigenvalue weighted by molar-refractivity contribution is 0.280. The molecule has 1 aromatic heterocycles. The van der Waals surface area contributed by atoms with Crippen molar-refractivity contribution in [1.82, 2.24) is 4.57 Å². The molecule has 0 N–H and O–H groups in total. The first-order chi connectivity index (χ1) is 8.29. The summed E-state index contributed by atoms with van der Waals surface area (Å²) in [6, 6.07) is 9.96. The number of methoxy groups -OCH3 is 1. The minimum atomic E-state index is 0.633. The smallest absolute Gasteiger partial charge is 0.161 e. The Morgan fingerprint density at radius 3 is 2.59 bits per heavy atom. The van der Waals surface area contributed by atoms with Crippen molar-refractivity contribution in [3.8, 4) is 11.5 Å². The topological polar surface area (TPSA) is 23.4 Å². The van der Waals surface area contributed by atoms with E-state index in [9.17, 15) is 0 Å². The van der Waals surface area contributed by atoms with Crippen molar-refractivity contribution >= 4 is 0 Å². The number of rotatable bonds is 5. The van der Waals surface area contributed by atoms with Crippen molar-refractivity contribution in [3.63, 3.8) is 0 Å². The van der Waals surface area contributed by atoms with E-state index in [1.165, 1.54) is 5.56 Å². The second-order valence-electron chi connectivity index (χ2n) is 3.92. The van der Waals surface area contributed by atoms with Crippen molar-refractivity contribution in [2.75, 3.05) is 13.7 Å². The Kier molecular flexibility index (Phi) is 3.70. The molecule has 0 aliphatic rings. The summed E-state index contributed by atoms with van der Waals surface area (Å²) in [4.78, 5) is 0. The summed E-state index contributed by atoms with van der Waals surface area (Å²) in [6.07, 6.45) is 4.05. The van der Waals surface area contributed by atoms with E-state index < -0.39 is 0 Å². The van der Waals surface area contributed by atoms with Crippen LogP contribution in [0.3, 0.4) is 0 Å². The normalized spacial score (nSPS) is 10.2. The summed E-state index contributed by atoms with van der Waals surface area (Å²) in [5.74, 6) is 1.59. The van der Waals surface area contributed by atoms with E-state index in [4.69, 9.17) is 9.47 Å². The lowest BCUT2D eigenvalue weighted by Gasteiger charge is -2.11. The Labute approximate surface area is 102 Å². The van der Waals surface area contributed by atoms with Gasteiger partial charge in [-0.05, 0) is 36.8 Å². The number of hydrogen-bond donors (Lipinski definition) is 0. The summed E-state index contributed by atoms with van der Waals surface area (Å²) < 4.78 is 13.1. The monoisotopic (exact) mass is 231 g/mol. The fourth-order valence-electron chi connectivity index (χ4n) is 1.67. The number of benzene rings is 1. The van der Waals surface area contributed by atoms with Gasteiger partial charge in [-0.2, -0.15) is 0 Å². The van der Waals surface area contributed by atoms with Crippen molar-refractivity contribution < 1.29 is 9.47 Å².